The number of aromatic nitrogens is 4. The van der Waals surface area contributed by atoms with Gasteiger partial charge in [0.15, 0.2) is 5.65 Å². The minimum Gasteiger partial charge on any atom is -0.342 e. The summed E-state index contributed by atoms with van der Waals surface area (Å²) in [6, 6.07) is 8.00. The molecule has 0 fully saturated rings. The molecule has 3 rings (SSSR count). The Kier molecular flexibility index (Phi) is 2.22. The summed E-state index contributed by atoms with van der Waals surface area (Å²) >= 11 is 0. The van der Waals surface area contributed by atoms with Gasteiger partial charge in [-0.25, -0.2) is 9.97 Å². The van der Waals surface area contributed by atoms with E-state index < -0.39 is 0 Å². The number of fused-ring (bicyclic) bond motifs is 1. The fraction of sp³-hybridized carbons (Fsp3) is 0.0833. The molecule has 0 aliphatic heterocycles. The van der Waals surface area contributed by atoms with E-state index >= 15 is 0 Å². The van der Waals surface area contributed by atoms with Gasteiger partial charge in [0.2, 0.25) is 5.95 Å². The molecular formula is C12H11N5. The highest BCUT2D eigenvalue weighted by Crippen LogP contribution is 2.17. The van der Waals surface area contributed by atoms with Crippen molar-refractivity contribution >= 4 is 22.8 Å². The molecule has 0 unspecified atom stereocenters. The third-order valence-electron chi connectivity index (χ3n) is 2.57. The van der Waals surface area contributed by atoms with Crippen molar-refractivity contribution in [1.29, 1.82) is 0 Å². The summed E-state index contributed by atoms with van der Waals surface area (Å²) in [7, 11) is 0. The van der Waals surface area contributed by atoms with Crippen LogP contribution in [0.15, 0.2) is 36.8 Å². The molecule has 5 nitrogen and oxygen atoms in total. The van der Waals surface area contributed by atoms with Gasteiger partial charge in [-0.05, 0) is 18.6 Å². The first-order chi connectivity index (χ1) is 8.33. The Hall–Kier alpha value is -2.43. The zero-order valence-electron chi connectivity index (χ0n) is 9.31. The number of aromatic amines is 1. The van der Waals surface area contributed by atoms with Gasteiger partial charge < -0.3 is 10.3 Å². The zero-order chi connectivity index (χ0) is 11.7. The predicted octanol–water partition coefficient (Wildman–Crippen LogP) is 2.40. The Morgan fingerprint density at radius 3 is 2.94 bits per heavy atom. The van der Waals surface area contributed by atoms with Gasteiger partial charge in [0.1, 0.15) is 5.52 Å². The fourth-order valence-electron chi connectivity index (χ4n) is 1.63. The molecule has 2 N–H and O–H groups in total. The number of nitrogens with zero attached hydrogens (tertiary/aromatic N) is 3. The minimum atomic E-state index is 0.555. The van der Waals surface area contributed by atoms with Crippen LogP contribution in [0.2, 0.25) is 0 Å². The number of nitrogens with one attached hydrogen (secondary N) is 2. The predicted molar refractivity (Wildman–Crippen MR) is 66.1 cm³/mol. The van der Waals surface area contributed by atoms with Crippen molar-refractivity contribution in [2.75, 3.05) is 5.32 Å². The molecule has 1 aromatic carbocycles. The van der Waals surface area contributed by atoms with E-state index in [9.17, 15) is 0 Å². The normalized spacial score (nSPS) is 10.6. The second-order valence-electron chi connectivity index (χ2n) is 3.77. The van der Waals surface area contributed by atoms with Crippen LogP contribution in [0, 0.1) is 6.92 Å². The van der Waals surface area contributed by atoms with Crippen molar-refractivity contribution in [2.24, 2.45) is 0 Å². The monoisotopic (exact) mass is 225 g/mol. The molecule has 0 saturated heterocycles. The molecule has 0 bridgehead atoms. The van der Waals surface area contributed by atoms with Crippen LogP contribution in [0.25, 0.3) is 11.2 Å². The molecule has 0 atom stereocenters. The van der Waals surface area contributed by atoms with E-state index in [0.29, 0.717) is 11.6 Å². The number of aryl methyl sites for hydroxylation is 1. The van der Waals surface area contributed by atoms with Crippen molar-refractivity contribution in [2.45, 2.75) is 6.92 Å². The van der Waals surface area contributed by atoms with Crippen LogP contribution in [0.4, 0.5) is 11.6 Å². The van der Waals surface area contributed by atoms with E-state index in [1.54, 1.807) is 12.5 Å². The molecule has 2 aromatic heterocycles. The SMILES string of the molecule is Cc1ccccc1Nc1ncc2[nH]cnc2n1. The lowest BCUT2D eigenvalue weighted by Gasteiger charge is -2.06. The van der Waals surface area contributed by atoms with E-state index in [2.05, 4.69) is 25.3 Å². The van der Waals surface area contributed by atoms with E-state index in [4.69, 9.17) is 0 Å². The average molecular weight is 225 g/mol. The van der Waals surface area contributed by atoms with Gasteiger partial charge in [0.25, 0.3) is 0 Å². The number of anilines is 2. The topological polar surface area (TPSA) is 66.5 Å². The van der Waals surface area contributed by atoms with Crippen molar-refractivity contribution in [3.05, 3.63) is 42.4 Å². The summed E-state index contributed by atoms with van der Waals surface area (Å²) in [5, 5.41) is 3.18. The molecule has 0 aliphatic carbocycles. The van der Waals surface area contributed by atoms with Crippen LogP contribution in [0.3, 0.4) is 0 Å². The number of imidazole rings is 1. The van der Waals surface area contributed by atoms with E-state index in [1.807, 2.05) is 31.2 Å². The molecule has 0 spiro atoms. The first-order valence-electron chi connectivity index (χ1n) is 5.32. The largest absolute Gasteiger partial charge is 0.342 e. The van der Waals surface area contributed by atoms with Gasteiger partial charge in [-0.3, -0.25) is 0 Å². The van der Waals surface area contributed by atoms with E-state index in [-0.39, 0.29) is 0 Å². The van der Waals surface area contributed by atoms with Gasteiger partial charge >= 0.3 is 0 Å². The van der Waals surface area contributed by atoms with Crippen LogP contribution in [0.5, 0.6) is 0 Å². The highest BCUT2D eigenvalue weighted by Gasteiger charge is 2.03. The first-order valence-corrected chi connectivity index (χ1v) is 5.32. The van der Waals surface area contributed by atoms with Crippen LogP contribution >= 0.6 is 0 Å². The summed E-state index contributed by atoms with van der Waals surface area (Å²) < 4.78 is 0. The third-order valence-corrected chi connectivity index (χ3v) is 2.57. The second kappa shape index (κ2) is 3.86. The van der Waals surface area contributed by atoms with Crippen LogP contribution in [0.1, 0.15) is 5.56 Å². The molecular weight excluding hydrogens is 214 g/mol. The highest BCUT2D eigenvalue weighted by atomic mass is 15.1. The molecule has 0 radical (unpaired) electrons. The molecule has 2 heterocycles. The Morgan fingerprint density at radius 2 is 2.06 bits per heavy atom. The van der Waals surface area contributed by atoms with Crippen molar-refractivity contribution in [3.8, 4) is 0 Å². The Morgan fingerprint density at radius 1 is 1.18 bits per heavy atom. The molecule has 3 aromatic rings. The first kappa shape index (κ1) is 9.77. The lowest BCUT2D eigenvalue weighted by Crippen LogP contribution is -1.98. The second-order valence-corrected chi connectivity index (χ2v) is 3.77. The summed E-state index contributed by atoms with van der Waals surface area (Å²) in [5.41, 5.74) is 3.65. The minimum absolute atomic E-state index is 0.555. The smallest absolute Gasteiger partial charge is 0.229 e. The lowest BCUT2D eigenvalue weighted by molar-refractivity contribution is 1.19. The number of hydrogen-bond donors (Lipinski definition) is 2. The van der Waals surface area contributed by atoms with Crippen molar-refractivity contribution < 1.29 is 0 Å². The number of para-hydroxylation sites is 1. The fourth-order valence-corrected chi connectivity index (χ4v) is 1.63. The van der Waals surface area contributed by atoms with Crippen molar-refractivity contribution in [3.63, 3.8) is 0 Å². The number of rotatable bonds is 2. The maximum absolute atomic E-state index is 4.31. The molecule has 84 valence electrons. The maximum Gasteiger partial charge on any atom is 0.229 e. The summed E-state index contributed by atoms with van der Waals surface area (Å²) in [5.74, 6) is 0.555. The van der Waals surface area contributed by atoms with Crippen molar-refractivity contribution in [1.82, 2.24) is 19.9 Å². The zero-order valence-corrected chi connectivity index (χ0v) is 9.31. The molecule has 17 heavy (non-hydrogen) atoms. The highest BCUT2D eigenvalue weighted by molar-refractivity contribution is 5.71. The molecule has 5 heteroatoms. The number of hydrogen-bond acceptors (Lipinski definition) is 4. The number of H-pyrrole nitrogens is 1. The third kappa shape index (κ3) is 1.82. The molecule has 0 aliphatic rings. The lowest BCUT2D eigenvalue weighted by atomic mass is 10.2. The maximum atomic E-state index is 4.31. The quantitative estimate of drug-likeness (QED) is 0.702. The average Bonchev–Trinajstić information content (AvgIpc) is 2.79. The van der Waals surface area contributed by atoms with Crippen LogP contribution in [-0.4, -0.2) is 19.9 Å². The summed E-state index contributed by atoms with van der Waals surface area (Å²) in [6.45, 7) is 2.04. The Labute approximate surface area is 98.0 Å². The van der Waals surface area contributed by atoms with Gasteiger partial charge in [0, 0.05) is 5.69 Å². The molecule has 0 saturated carbocycles. The van der Waals surface area contributed by atoms with E-state index in [0.717, 1.165) is 16.8 Å². The summed E-state index contributed by atoms with van der Waals surface area (Å²) in [4.78, 5) is 15.6. The van der Waals surface area contributed by atoms with Gasteiger partial charge in [-0.2, -0.15) is 4.98 Å². The van der Waals surface area contributed by atoms with Gasteiger partial charge in [-0.15, -0.1) is 0 Å². The Bertz CT molecular complexity index is 659. The van der Waals surface area contributed by atoms with Crippen LogP contribution in [-0.2, 0) is 0 Å². The van der Waals surface area contributed by atoms with Gasteiger partial charge in [0.05, 0.1) is 12.5 Å². The molecule has 0 amide bonds. The van der Waals surface area contributed by atoms with Gasteiger partial charge in [-0.1, -0.05) is 18.2 Å². The summed E-state index contributed by atoms with van der Waals surface area (Å²) in [6.07, 6.45) is 3.33. The standard InChI is InChI=1S/C12H11N5/c1-8-4-2-3-5-9(8)16-12-13-6-10-11(17-12)15-7-14-10/h2-7H,1H3,(H2,13,14,15,16,17). The van der Waals surface area contributed by atoms with Crippen LogP contribution < -0.4 is 5.32 Å². The Balaban J connectivity index is 1.97. The number of benzene rings is 1. The van der Waals surface area contributed by atoms with E-state index in [1.165, 1.54) is 0 Å².